The van der Waals surface area contributed by atoms with Gasteiger partial charge in [-0.05, 0) is 61.4 Å². The molecule has 3 rings (SSSR count). The van der Waals surface area contributed by atoms with E-state index in [9.17, 15) is 18.0 Å². The molecule has 0 fully saturated rings. The fraction of sp³-hybridized carbons (Fsp3) is 0.286. The van der Waals surface area contributed by atoms with E-state index in [-0.39, 0.29) is 12.5 Å². The summed E-state index contributed by atoms with van der Waals surface area (Å²) in [5.41, 5.74) is 2.07. The number of likely N-dealkylation sites (N-methyl/N-ethyl adjacent to an activating group) is 1. The first kappa shape index (κ1) is 29.0. The largest absolute Gasteiger partial charge is 0.489 e. The molecule has 3 aromatic rings. The third-order valence-corrected chi connectivity index (χ3v) is 7.23. The van der Waals surface area contributed by atoms with Crippen LogP contribution in [-0.2, 0) is 32.8 Å². The summed E-state index contributed by atoms with van der Waals surface area (Å²) in [6.45, 7) is 3.81. The van der Waals surface area contributed by atoms with Gasteiger partial charge in [-0.3, -0.25) is 13.9 Å². The quantitative estimate of drug-likeness (QED) is 0.359. The molecule has 0 heterocycles. The summed E-state index contributed by atoms with van der Waals surface area (Å²) in [6.07, 6.45) is 1.04. The number of hydrogen-bond acceptors (Lipinski definition) is 5. The van der Waals surface area contributed by atoms with Crippen molar-refractivity contribution in [2.75, 3.05) is 23.7 Å². The molecule has 0 bridgehead atoms. The van der Waals surface area contributed by atoms with Crippen LogP contribution in [0.1, 0.15) is 25.0 Å². The highest BCUT2D eigenvalue weighted by atomic mass is 35.5. The molecule has 0 aliphatic heterocycles. The molecular formula is C28H32ClN3O5S. The van der Waals surface area contributed by atoms with E-state index in [4.69, 9.17) is 16.3 Å². The lowest BCUT2D eigenvalue weighted by atomic mass is 10.1. The van der Waals surface area contributed by atoms with Gasteiger partial charge in [0.25, 0.3) is 0 Å². The van der Waals surface area contributed by atoms with E-state index >= 15 is 0 Å². The lowest BCUT2D eigenvalue weighted by Crippen LogP contribution is -2.51. The van der Waals surface area contributed by atoms with Crippen molar-refractivity contribution >= 4 is 39.1 Å². The highest BCUT2D eigenvalue weighted by Gasteiger charge is 2.30. The molecule has 1 N–H and O–H groups in total. The Bertz CT molecular complexity index is 1320. The molecule has 0 aromatic heterocycles. The maximum atomic E-state index is 13.5. The highest BCUT2D eigenvalue weighted by molar-refractivity contribution is 7.92. The number of carbonyl (C=O) groups excluding carboxylic acids is 2. The van der Waals surface area contributed by atoms with Crippen molar-refractivity contribution in [3.63, 3.8) is 0 Å². The first-order valence-corrected chi connectivity index (χ1v) is 14.4. The van der Waals surface area contributed by atoms with Crippen molar-refractivity contribution < 1.29 is 22.7 Å². The summed E-state index contributed by atoms with van der Waals surface area (Å²) >= 11 is 5.99. The predicted molar refractivity (Wildman–Crippen MR) is 150 cm³/mol. The molecular weight excluding hydrogens is 526 g/mol. The monoisotopic (exact) mass is 557 g/mol. The van der Waals surface area contributed by atoms with E-state index < -0.39 is 28.5 Å². The number of carbonyl (C=O) groups is 2. The Morgan fingerprint density at radius 3 is 2.16 bits per heavy atom. The standard InChI is InChI=1S/C28H32ClN3O5S/c1-4-30-28(34)21(2)31(18-22-10-12-24(29)13-11-22)27(33)19-32(38(3,35)36)25-14-16-26(17-15-25)37-20-23-8-6-5-7-9-23/h5-17,21H,4,18-20H2,1-3H3,(H,30,34)/t21-/m1/s1. The molecule has 0 aliphatic carbocycles. The second-order valence-corrected chi connectivity index (χ2v) is 11.1. The van der Waals surface area contributed by atoms with E-state index in [0.717, 1.165) is 21.7 Å². The van der Waals surface area contributed by atoms with E-state index in [2.05, 4.69) is 5.32 Å². The molecule has 10 heteroatoms. The first-order chi connectivity index (χ1) is 18.1. The van der Waals surface area contributed by atoms with Gasteiger partial charge in [-0.15, -0.1) is 0 Å². The van der Waals surface area contributed by atoms with Crippen molar-refractivity contribution in [3.05, 3.63) is 95.0 Å². The Hall–Kier alpha value is -3.56. The van der Waals surface area contributed by atoms with Crippen LogP contribution in [0.15, 0.2) is 78.9 Å². The van der Waals surface area contributed by atoms with Gasteiger partial charge in [-0.25, -0.2) is 8.42 Å². The molecule has 0 radical (unpaired) electrons. The maximum absolute atomic E-state index is 13.5. The van der Waals surface area contributed by atoms with Gasteiger partial charge in [-0.2, -0.15) is 0 Å². The minimum atomic E-state index is -3.82. The van der Waals surface area contributed by atoms with Gasteiger partial charge in [0.15, 0.2) is 0 Å². The molecule has 0 unspecified atom stereocenters. The number of anilines is 1. The molecule has 0 saturated heterocycles. The molecule has 8 nitrogen and oxygen atoms in total. The molecule has 1 atom stereocenters. The van der Waals surface area contributed by atoms with Crippen LogP contribution in [0.2, 0.25) is 5.02 Å². The van der Waals surface area contributed by atoms with Crippen molar-refractivity contribution in [1.82, 2.24) is 10.2 Å². The van der Waals surface area contributed by atoms with Crippen molar-refractivity contribution in [3.8, 4) is 5.75 Å². The SMILES string of the molecule is CCNC(=O)[C@@H](C)N(Cc1ccc(Cl)cc1)C(=O)CN(c1ccc(OCc2ccccc2)cc1)S(C)(=O)=O. The number of amides is 2. The topological polar surface area (TPSA) is 96.0 Å². The molecule has 0 saturated carbocycles. The molecule has 0 spiro atoms. The molecule has 202 valence electrons. The van der Waals surface area contributed by atoms with Gasteiger partial charge in [0, 0.05) is 18.1 Å². The lowest BCUT2D eigenvalue weighted by molar-refractivity contribution is -0.139. The number of benzene rings is 3. The second kappa shape index (κ2) is 13.3. The molecule has 0 aliphatic rings. The Balaban J connectivity index is 1.80. The summed E-state index contributed by atoms with van der Waals surface area (Å²) in [5, 5.41) is 3.27. The van der Waals surface area contributed by atoms with Crippen LogP contribution in [0.5, 0.6) is 5.75 Å². The Morgan fingerprint density at radius 1 is 0.947 bits per heavy atom. The van der Waals surface area contributed by atoms with Crippen LogP contribution in [0.25, 0.3) is 0 Å². The molecule has 2 amide bonds. The van der Waals surface area contributed by atoms with Crippen molar-refractivity contribution in [2.24, 2.45) is 0 Å². The fourth-order valence-electron chi connectivity index (χ4n) is 3.75. The Morgan fingerprint density at radius 2 is 1.58 bits per heavy atom. The third-order valence-electron chi connectivity index (χ3n) is 5.84. The van der Waals surface area contributed by atoms with Gasteiger partial charge in [0.05, 0.1) is 11.9 Å². The van der Waals surface area contributed by atoms with Crippen LogP contribution in [0.4, 0.5) is 5.69 Å². The maximum Gasteiger partial charge on any atom is 0.244 e. The van der Waals surface area contributed by atoms with E-state index in [1.165, 1.54) is 4.90 Å². The van der Waals surface area contributed by atoms with Crippen LogP contribution in [-0.4, -0.2) is 50.5 Å². The minimum Gasteiger partial charge on any atom is -0.489 e. The molecule has 3 aromatic carbocycles. The van der Waals surface area contributed by atoms with Crippen molar-refractivity contribution in [2.45, 2.75) is 33.0 Å². The van der Waals surface area contributed by atoms with Gasteiger partial charge < -0.3 is 15.0 Å². The summed E-state index contributed by atoms with van der Waals surface area (Å²) in [4.78, 5) is 27.5. The number of nitrogens with one attached hydrogen (secondary N) is 1. The van der Waals surface area contributed by atoms with Crippen LogP contribution >= 0.6 is 11.6 Å². The third kappa shape index (κ3) is 8.22. The van der Waals surface area contributed by atoms with E-state index in [1.807, 2.05) is 30.3 Å². The fourth-order valence-corrected chi connectivity index (χ4v) is 4.73. The summed E-state index contributed by atoms with van der Waals surface area (Å²) in [6, 6.07) is 22.2. The predicted octanol–water partition coefficient (Wildman–Crippen LogP) is 4.24. The molecule has 38 heavy (non-hydrogen) atoms. The Kier molecular flexibility index (Phi) is 10.2. The summed E-state index contributed by atoms with van der Waals surface area (Å²) in [7, 11) is -3.82. The summed E-state index contributed by atoms with van der Waals surface area (Å²) < 4.78 is 32.2. The van der Waals surface area contributed by atoms with Gasteiger partial charge in [0.2, 0.25) is 21.8 Å². The van der Waals surface area contributed by atoms with Crippen molar-refractivity contribution in [1.29, 1.82) is 0 Å². The average Bonchev–Trinajstić information content (AvgIpc) is 2.90. The zero-order chi connectivity index (χ0) is 27.7. The Labute approximate surface area is 229 Å². The normalized spacial score (nSPS) is 11.9. The lowest BCUT2D eigenvalue weighted by Gasteiger charge is -2.31. The minimum absolute atomic E-state index is 0.109. The van der Waals surface area contributed by atoms with Gasteiger partial charge in [-0.1, -0.05) is 54.1 Å². The zero-order valence-electron chi connectivity index (χ0n) is 21.6. The van der Waals surface area contributed by atoms with Crippen LogP contribution in [0, 0.1) is 0 Å². The number of nitrogens with zero attached hydrogens (tertiary/aromatic N) is 2. The zero-order valence-corrected chi connectivity index (χ0v) is 23.2. The van der Waals surface area contributed by atoms with Crippen LogP contribution < -0.4 is 14.4 Å². The van der Waals surface area contributed by atoms with E-state index in [0.29, 0.717) is 29.6 Å². The smallest absolute Gasteiger partial charge is 0.244 e. The number of sulfonamides is 1. The second-order valence-electron chi connectivity index (χ2n) is 8.76. The average molecular weight is 558 g/mol. The van der Waals surface area contributed by atoms with Crippen LogP contribution in [0.3, 0.4) is 0 Å². The number of ether oxygens (including phenoxy) is 1. The first-order valence-electron chi connectivity index (χ1n) is 12.1. The van der Waals surface area contributed by atoms with E-state index in [1.54, 1.807) is 62.4 Å². The highest BCUT2D eigenvalue weighted by Crippen LogP contribution is 2.23. The summed E-state index contributed by atoms with van der Waals surface area (Å²) in [5.74, 6) is -0.291. The number of hydrogen-bond donors (Lipinski definition) is 1. The van der Waals surface area contributed by atoms with Gasteiger partial charge >= 0.3 is 0 Å². The number of halogens is 1. The number of rotatable bonds is 12. The van der Waals surface area contributed by atoms with Gasteiger partial charge in [0.1, 0.15) is 24.9 Å².